The monoisotopic (exact) mass is 421 g/mol. The number of hydrogen-bond acceptors (Lipinski definition) is 6. The van der Waals surface area contributed by atoms with Crippen molar-refractivity contribution < 1.29 is 26.4 Å². The molecule has 1 aliphatic heterocycles. The van der Waals surface area contributed by atoms with Gasteiger partial charge in [-0.2, -0.15) is 13.2 Å². The van der Waals surface area contributed by atoms with Gasteiger partial charge in [0.1, 0.15) is 0 Å². The maximum absolute atomic E-state index is 12.5. The van der Waals surface area contributed by atoms with Crippen molar-refractivity contribution >= 4 is 39.5 Å². The largest absolute Gasteiger partial charge is 0.434 e. The topological polar surface area (TPSA) is 88.2 Å². The summed E-state index contributed by atoms with van der Waals surface area (Å²) in [4.78, 5) is 15.9. The average Bonchev–Trinajstić information content (AvgIpc) is 2.95. The molecule has 144 valence electrons. The molecule has 0 saturated carbocycles. The lowest BCUT2D eigenvalue weighted by molar-refractivity contribution is -0.140. The van der Waals surface area contributed by atoms with Crippen molar-refractivity contribution in [2.45, 2.75) is 30.2 Å². The molecule has 1 aromatic heterocycles. The number of halogens is 4. The van der Waals surface area contributed by atoms with Crippen LogP contribution in [0.3, 0.4) is 0 Å². The molecule has 0 unspecified atom stereocenters. The first-order valence-corrected chi connectivity index (χ1v) is 10.0. The van der Waals surface area contributed by atoms with Gasteiger partial charge in [-0.05, 0) is 25.9 Å². The number of piperidine rings is 1. The molecule has 0 spiro atoms. The Balaban J connectivity index is 0.00000312. The predicted molar refractivity (Wildman–Crippen MR) is 90.8 cm³/mol. The van der Waals surface area contributed by atoms with Crippen molar-refractivity contribution in [1.82, 2.24) is 15.6 Å². The summed E-state index contributed by atoms with van der Waals surface area (Å²) in [6, 6.07) is 0. The fourth-order valence-electron chi connectivity index (χ4n) is 2.60. The zero-order valence-corrected chi connectivity index (χ0v) is 15.8. The number of alkyl halides is 3. The molecular weight excluding hydrogens is 403 g/mol. The van der Waals surface area contributed by atoms with Crippen LogP contribution in [0, 0.1) is 0 Å². The van der Waals surface area contributed by atoms with Crippen LogP contribution in [0.1, 0.15) is 23.5 Å². The lowest BCUT2D eigenvalue weighted by atomic mass is 9.96. The third-order valence-electron chi connectivity index (χ3n) is 4.00. The molecule has 2 N–H and O–H groups in total. The van der Waals surface area contributed by atoms with Crippen LogP contribution in [-0.4, -0.2) is 49.9 Å². The number of amides is 1. The molecule has 1 aliphatic rings. The van der Waals surface area contributed by atoms with Gasteiger partial charge in [0.25, 0.3) is 0 Å². The number of hydrogen-bond donors (Lipinski definition) is 2. The van der Waals surface area contributed by atoms with Gasteiger partial charge >= 0.3 is 6.18 Å². The summed E-state index contributed by atoms with van der Waals surface area (Å²) in [7, 11) is -3.61. The third kappa shape index (κ3) is 5.05. The normalized spacial score (nSPS) is 17.6. The van der Waals surface area contributed by atoms with Gasteiger partial charge in [-0.3, -0.25) is 4.79 Å². The quantitative estimate of drug-likeness (QED) is 0.750. The summed E-state index contributed by atoms with van der Waals surface area (Å²) in [5, 5.41) is 6.70. The van der Waals surface area contributed by atoms with E-state index in [0.717, 1.165) is 23.0 Å². The van der Waals surface area contributed by atoms with E-state index < -0.39 is 32.4 Å². The Bertz CT molecular complexity index is 701. The Kier molecular flexibility index (Phi) is 7.25. The summed E-state index contributed by atoms with van der Waals surface area (Å²) < 4.78 is 60.1. The molecule has 12 heteroatoms. The number of nitrogens with one attached hydrogen (secondary N) is 2. The molecule has 2 rings (SSSR count). The molecule has 0 bridgehead atoms. The van der Waals surface area contributed by atoms with Crippen molar-refractivity contribution in [3.8, 4) is 0 Å². The van der Waals surface area contributed by atoms with Crippen molar-refractivity contribution in [2.75, 3.05) is 25.9 Å². The Morgan fingerprint density at radius 2 is 2.00 bits per heavy atom. The summed E-state index contributed by atoms with van der Waals surface area (Å²) in [5.74, 6) is -0.598. The fraction of sp³-hybridized carbons (Fsp3) is 0.692. The zero-order valence-electron chi connectivity index (χ0n) is 13.4. The molecule has 1 aromatic rings. The average molecular weight is 422 g/mol. The number of carbonyl (C=O) groups excluding carboxylic acids is 1. The molecule has 0 radical (unpaired) electrons. The lowest BCUT2D eigenvalue weighted by Gasteiger charge is -2.34. The standard InChI is InChI=1S/C13H18F3N3O3S2.ClH/c1-24(21,22)12(3-6-17-7-4-12)11(20)18-5-2-10-19-9(8-23-10)13(14,15)16;/h8,17H,2-7H2,1H3,(H,18,20);1H. The third-order valence-corrected chi connectivity index (χ3v) is 6.92. The van der Waals surface area contributed by atoms with E-state index in [1.807, 2.05) is 0 Å². The Morgan fingerprint density at radius 1 is 1.40 bits per heavy atom. The first-order chi connectivity index (χ1) is 11.1. The predicted octanol–water partition coefficient (Wildman–Crippen LogP) is 1.41. The minimum absolute atomic E-state index is 0. The van der Waals surface area contributed by atoms with E-state index in [1.165, 1.54) is 0 Å². The van der Waals surface area contributed by atoms with Gasteiger partial charge in [-0.1, -0.05) is 0 Å². The van der Waals surface area contributed by atoms with Crippen LogP contribution in [0.2, 0.25) is 0 Å². The molecule has 2 heterocycles. The number of thiazole rings is 1. The number of rotatable bonds is 5. The molecule has 0 aliphatic carbocycles. The minimum Gasteiger partial charge on any atom is -0.354 e. The van der Waals surface area contributed by atoms with E-state index in [1.54, 1.807) is 0 Å². The molecule has 0 aromatic carbocycles. The van der Waals surface area contributed by atoms with Crippen LogP contribution in [0.4, 0.5) is 13.2 Å². The van der Waals surface area contributed by atoms with Gasteiger partial charge in [0.05, 0.1) is 5.01 Å². The van der Waals surface area contributed by atoms with Gasteiger partial charge < -0.3 is 10.6 Å². The van der Waals surface area contributed by atoms with Crippen molar-refractivity contribution in [2.24, 2.45) is 0 Å². The van der Waals surface area contributed by atoms with Gasteiger partial charge in [0.2, 0.25) is 5.91 Å². The highest BCUT2D eigenvalue weighted by atomic mass is 35.5. The maximum atomic E-state index is 12.5. The number of sulfone groups is 1. The number of carbonyl (C=O) groups is 1. The Hall–Kier alpha value is -0.910. The van der Waals surface area contributed by atoms with Crippen molar-refractivity contribution in [1.29, 1.82) is 0 Å². The highest BCUT2D eigenvalue weighted by molar-refractivity contribution is 7.92. The first kappa shape index (κ1) is 22.1. The van der Waals surface area contributed by atoms with E-state index in [2.05, 4.69) is 15.6 Å². The van der Waals surface area contributed by atoms with Crippen LogP contribution in [-0.2, 0) is 27.2 Å². The molecule has 25 heavy (non-hydrogen) atoms. The van der Waals surface area contributed by atoms with Crippen LogP contribution < -0.4 is 10.6 Å². The number of aromatic nitrogens is 1. The summed E-state index contributed by atoms with van der Waals surface area (Å²) in [6.45, 7) is 0.873. The summed E-state index contributed by atoms with van der Waals surface area (Å²) in [5.41, 5.74) is -0.959. The highest BCUT2D eigenvalue weighted by Crippen LogP contribution is 2.30. The van der Waals surface area contributed by atoms with Crippen LogP contribution in [0.5, 0.6) is 0 Å². The zero-order chi connectivity index (χ0) is 18.0. The van der Waals surface area contributed by atoms with Crippen LogP contribution >= 0.6 is 23.7 Å². The fourth-order valence-corrected chi connectivity index (χ4v) is 4.76. The lowest BCUT2D eigenvalue weighted by Crippen LogP contribution is -2.57. The van der Waals surface area contributed by atoms with E-state index in [0.29, 0.717) is 13.1 Å². The molecular formula is C13H19ClF3N3O3S2. The summed E-state index contributed by atoms with van der Waals surface area (Å²) in [6.07, 6.45) is -2.99. The molecule has 1 saturated heterocycles. The van der Waals surface area contributed by atoms with Gasteiger partial charge in [-0.15, -0.1) is 23.7 Å². The van der Waals surface area contributed by atoms with Crippen molar-refractivity contribution in [3.63, 3.8) is 0 Å². The minimum atomic E-state index is -4.49. The van der Waals surface area contributed by atoms with Gasteiger partial charge in [-0.25, -0.2) is 13.4 Å². The molecule has 0 atom stereocenters. The van der Waals surface area contributed by atoms with Gasteiger partial charge in [0, 0.05) is 24.6 Å². The maximum Gasteiger partial charge on any atom is 0.434 e. The second-order valence-electron chi connectivity index (χ2n) is 5.65. The smallest absolute Gasteiger partial charge is 0.354 e. The Morgan fingerprint density at radius 3 is 2.48 bits per heavy atom. The highest BCUT2D eigenvalue weighted by Gasteiger charge is 2.48. The second kappa shape index (κ2) is 8.19. The van der Waals surface area contributed by atoms with E-state index >= 15 is 0 Å². The van der Waals surface area contributed by atoms with E-state index in [4.69, 9.17) is 0 Å². The van der Waals surface area contributed by atoms with Crippen molar-refractivity contribution in [3.05, 3.63) is 16.1 Å². The number of nitrogens with zero attached hydrogens (tertiary/aromatic N) is 1. The molecule has 1 amide bonds. The molecule has 1 fully saturated rings. The summed E-state index contributed by atoms with van der Waals surface area (Å²) >= 11 is 0.858. The van der Waals surface area contributed by atoms with Crippen LogP contribution in [0.25, 0.3) is 0 Å². The van der Waals surface area contributed by atoms with E-state index in [9.17, 15) is 26.4 Å². The van der Waals surface area contributed by atoms with Gasteiger partial charge in [0.15, 0.2) is 20.3 Å². The SMILES string of the molecule is CS(=O)(=O)C1(C(=O)NCCc2nc(C(F)(F)F)cs2)CCNCC1.Cl. The second-order valence-corrected chi connectivity index (χ2v) is 8.92. The first-order valence-electron chi connectivity index (χ1n) is 7.26. The Labute approximate surface area is 153 Å². The molecule has 6 nitrogen and oxygen atoms in total. The van der Waals surface area contributed by atoms with E-state index in [-0.39, 0.29) is 43.2 Å². The van der Waals surface area contributed by atoms with Crippen LogP contribution in [0.15, 0.2) is 5.38 Å².